The molecule has 2 aromatic carbocycles. The molecule has 3 rings (SSSR count). The first-order valence-electron chi connectivity index (χ1n) is 6.10. The predicted molar refractivity (Wildman–Crippen MR) is 75.5 cm³/mol. The second-order valence-corrected chi connectivity index (χ2v) is 4.25. The van der Waals surface area contributed by atoms with Crippen LogP contribution >= 0.6 is 0 Å². The van der Waals surface area contributed by atoms with Crippen LogP contribution in [0.5, 0.6) is 11.5 Å². The van der Waals surface area contributed by atoms with Crippen molar-refractivity contribution in [2.75, 3.05) is 18.9 Å². The Morgan fingerprint density at radius 1 is 0.947 bits per heavy atom. The molecule has 0 atom stereocenters. The van der Waals surface area contributed by atoms with E-state index in [1.807, 2.05) is 42.5 Å². The van der Waals surface area contributed by atoms with Crippen molar-refractivity contribution in [3.63, 3.8) is 0 Å². The van der Waals surface area contributed by atoms with Crippen LogP contribution in [0, 0.1) is 0 Å². The quantitative estimate of drug-likeness (QED) is 0.662. The van der Waals surface area contributed by atoms with E-state index in [0.29, 0.717) is 13.2 Å². The van der Waals surface area contributed by atoms with Gasteiger partial charge < -0.3 is 15.2 Å². The fourth-order valence-corrected chi connectivity index (χ4v) is 1.85. The number of nitrogen functional groups attached to an aromatic ring is 1. The summed E-state index contributed by atoms with van der Waals surface area (Å²) >= 11 is 0. The molecule has 0 aliphatic carbocycles. The van der Waals surface area contributed by atoms with Crippen molar-refractivity contribution in [1.82, 2.24) is 0 Å². The van der Waals surface area contributed by atoms with E-state index in [4.69, 9.17) is 15.2 Å². The molecule has 0 radical (unpaired) electrons. The Kier molecular flexibility index (Phi) is 3.06. The summed E-state index contributed by atoms with van der Waals surface area (Å²) in [5.74, 6) is 1.56. The number of benzene rings is 2. The molecule has 4 nitrogen and oxygen atoms in total. The van der Waals surface area contributed by atoms with Gasteiger partial charge in [-0.15, -0.1) is 0 Å². The first-order valence-corrected chi connectivity index (χ1v) is 6.10. The van der Waals surface area contributed by atoms with Gasteiger partial charge >= 0.3 is 0 Å². The molecule has 0 amide bonds. The monoisotopic (exact) mass is 254 g/mol. The molecule has 0 aromatic heterocycles. The Labute approximate surface area is 111 Å². The second-order valence-electron chi connectivity index (χ2n) is 4.25. The number of fused-ring (bicyclic) bond motifs is 1. The summed E-state index contributed by atoms with van der Waals surface area (Å²) in [6.07, 6.45) is 1.80. The predicted octanol–water partition coefficient (Wildman–Crippen LogP) is 2.79. The third-order valence-electron chi connectivity index (χ3n) is 2.82. The van der Waals surface area contributed by atoms with Gasteiger partial charge in [-0.1, -0.05) is 0 Å². The lowest BCUT2D eigenvalue weighted by atomic mass is 10.2. The summed E-state index contributed by atoms with van der Waals surface area (Å²) < 4.78 is 11.0. The van der Waals surface area contributed by atoms with Gasteiger partial charge in [-0.3, -0.25) is 4.99 Å². The van der Waals surface area contributed by atoms with E-state index in [1.54, 1.807) is 6.21 Å². The number of hydrogen-bond donors (Lipinski definition) is 1. The van der Waals surface area contributed by atoms with E-state index >= 15 is 0 Å². The summed E-state index contributed by atoms with van der Waals surface area (Å²) in [6.45, 7) is 1.19. The second kappa shape index (κ2) is 5.02. The fourth-order valence-electron chi connectivity index (χ4n) is 1.85. The molecular formula is C15H14N2O2. The molecule has 0 unspecified atom stereocenters. The summed E-state index contributed by atoms with van der Waals surface area (Å²) in [5, 5.41) is 0. The molecule has 0 spiro atoms. The van der Waals surface area contributed by atoms with E-state index < -0.39 is 0 Å². The minimum absolute atomic E-state index is 0.589. The molecule has 1 aliphatic rings. The van der Waals surface area contributed by atoms with Crippen molar-refractivity contribution in [3.05, 3.63) is 48.0 Å². The highest BCUT2D eigenvalue weighted by molar-refractivity contribution is 5.83. The lowest BCUT2D eigenvalue weighted by Crippen LogP contribution is -2.15. The van der Waals surface area contributed by atoms with Gasteiger partial charge in [-0.25, -0.2) is 0 Å². The third kappa shape index (κ3) is 2.68. The van der Waals surface area contributed by atoms with Crippen molar-refractivity contribution in [3.8, 4) is 11.5 Å². The fraction of sp³-hybridized carbons (Fsp3) is 0.133. The van der Waals surface area contributed by atoms with Crippen LogP contribution in [0.3, 0.4) is 0 Å². The van der Waals surface area contributed by atoms with Crippen LogP contribution in [0.15, 0.2) is 47.5 Å². The number of rotatable bonds is 2. The first kappa shape index (κ1) is 11.6. The summed E-state index contributed by atoms with van der Waals surface area (Å²) in [5.41, 5.74) is 8.20. The van der Waals surface area contributed by atoms with Crippen LogP contribution in [0.2, 0.25) is 0 Å². The van der Waals surface area contributed by atoms with Crippen molar-refractivity contribution < 1.29 is 9.47 Å². The minimum atomic E-state index is 0.589. The molecule has 1 aliphatic heterocycles. The molecule has 2 aromatic rings. The molecule has 0 bridgehead atoms. The zero-order valence-electron chi connectivity index (χ0n) is 10.4. The average molecular weight is 254 g/mol. The van der Waals surface area contributed by atoms with Gasteiger partial charge in [0, 0.05) is 11.9 Å². The molecule has 2 N–H and O–H groups in total. The number of anilines is 1. The normalized spacial score (nSPS) is 13.7. The Balaban J connectivity index is 1.81. The number of nitrogens with two attached hydrogens (primary N) is 1. The van der Waals surface area contributed by atoms with Crippen LogP contribution in [0.25, 0.3) is 0 Å². The largest absolute Gasteiger partial charge is 0.486 e. The lowest BCUT2D eigenvalue weighted by molar-refractivity contribution is 0.171. The van der Waals surface area contributed by atoms with Crippen LogP contribution in [0.1, 0.15) is 5.56 Å². The highest BCUT2D eigenvalue weighted by Gasteiger charge is 2.10. The standard InChI is InChI=1S/C15H14N2O2/c16-12-2-4-13(5-3-12)17-10-11-1-6-14-15(9-11)19-8-7-18-14/h1-6,9-10H,7-8,16H2. The third-order valence-corrected chi connectivity index (χ3v) is 2.82. The van der Waals surface area contributed by atoms with E-state index in [-0.39, 0.29) is 0 Å². The van der Waals surface area contributed by atoms with Crippen LogP contribution < -0.4 is 15.2 Å². The number of ether oxygens (including phenoxy) is 2. The van der Waals surface area contributed by atoms with Gasteiger partial charge in [0.15, 0.2) is 11.5 Å². The maximum absolute atomic E-state index is 5.63. The van der Waals surface area contributed by atoms with E-state index in [0.717, 1.165) is 28.4 Å². The van der Waals surface area contributed by atoms with Crippen LogP contribution in [-0.4, -0.2) is 19.4 Å². The SMILES string of the molecule is Nc1ccc(N=Cc2ccc3c(c2)OCCO3)cc1. The summed E-state index contributed by atoms with van der Waals surface area (Å²) in [7, 11) is 0. The summed E-state index contributed by atoms with van der Waals surface area (Å²) in [6, 6.07) is 13.2. The topological polar surface area (TPSA) is 56.8 Å². The average Bonchev–Trinajstić information content (AvgIpc) is 2.46. The summed E-state index contributed by atoms with van der Waals surface area (Å²) in [4.78, 5) is 4.39. The highest BCUT2D eigenvalue weighted by Crippen LogP contribution is 2.30. The number of nitrogens with zero attached hydrogens (tertiary/aromatic N) is 1. The Hall–Kier alpha value is -2.49. The van der Waals surface area contributed by atoms with E-state index in [9.17, 15) is 0 Å². The van der Waals surface area contributed by atoms with Gasteiger partial charge in [0.05, 0.1) is 5.69 Å². The van der Waals surface area contributed by atoms with Gasteiger partial charge in [0.25, 0.3) is 0 Å². The maximum atomic E-state index is 5.63. The van der Waals surface area contributed by atoms with Crippen molar-refractivity contribution in [2.45, 2.75) is 0 Å². The zero-order valence-corrected chi connectivity index (χ0v) is 10.4. The Morgan fingerprint density at radius 2 is 1.68 bits per heavy atom. The molecule has 96 valence electrons. The zero-order chi connectivity index (χ0) is 13.1. The smallest absolute Gasteiger partial charge is 0.162 e. The van der Waals surface area contributed by atoms with E-state index in [2.05, 4.69) is 4.99 Å². The molecule has 0 fully saturated rings. The van der Waals surface area contributed by atoms with Crippen LogP contribution in [-0.2, 0) is 0 Å². The van der Waals surface area contributed by atoms with Crippen LogP contribution in [0.4, 0.5) is 11.4 Å². The lowest BCUT2D eigenvalue weighted by Gasteiger charge is -2.18. The van der Waals surface area contributed by atoms with Crippen molar-refractivity contribution in [1.29, 1.82) is 0 Å². The molecule has 0 saturated carbocycles. The first-order chi connectivity index (χ1) is 9.31. The molecular weight excluding hydrogens is 240 g/mol. The Morgan fingerprint density at radius 3 is 2.47 bits per heavy atom. The van der Waals surface area contributed by atoms with Gasteiger partial charge in [0.1, 0.15) is 13.2 Å². The maximum Gasteiger partial charge on any atom is 0.162 e. The molecule has 19 heavy (non-hydrogen) atoms. The number of hydrogen-bond acceptors (Lipinski definition) is 4. The highest BCUT2D eigenvalue weighted by atomic mass is 16.6. The van der Waals surface area contributed by atoms with E-state index in [1.165, 1.54) is 0 Å². The van der Waals surface area contributed by atoms with Gasteiger partial charge in [-0.2, -0.15) is 0 Å². The van der Waals surface area contributed by atoms with Crippen molar-refractivity contribution in [2.24, 2.45) is 4.99 Å². The number of aliphatic imine (C=N–C) groups is 1. The minimum Gasteiger partial charge on any atom is -0.486 e. The van der Waals surface area contributed by atoms with Gasteiger partial charge in [0.2, 0.25) is 0 Å². The molecule has 0 saturated heterocycles. The molecule has 4 heteroatoms. The van der Waals surface area contributed by atoms with Crippen molar-refractivity contribution >= 4 is 17.6 Å². The van der Waals surface area contributed by atoms with Gasteiger partial charge in [-0.05, 0) is 48.0 Å². The molecule has 1 heterocycles. The Bertz CT molecular complexity index is 606.